The lowest BCUT2D eigenvalue weighted by molar-refractivity contribution is 0.179. The van der Waals surface area contributed by atoms with Crippen molar-refractivity contribution in [2.45, 2.75) is 31.7 Å². The topological polar surface area (TPSA) is 9.23 Å². The molecule has 0 aliphatic rings. The third-order valence-corrected chi connectivity index (χ3v) is 5.19. The van der Waals surface area contributed by atoms with Crippen molar-refractivity contribution in [3.63, 3.8) is 0 Å². The van der Waals surface area contributed by atoms with Crippen LogP contribution in [0.15, 0.2) is 91.0 Å². The van der Waals surface area contributed by atoms with Gasteiger partial charge in [0.15, 0.2) is 8.32 Å². The second-order valence-corrected chi connectivity index (χ2v) is 11.8. The third-order valence-electron chi connectivity index (χ3n) is 4.23. The molecular weight excluding hydrogens is 320 g/mol. The molecule has 0 aliphatic heterocycles. The molecule has 0 amide bonds. The Hall–Kier alpha value is -2.16. The van der Waals surface area contributed by atoms with Crippen molar-refractivity contribution in [1.29, 1.82) is 0 Å². The highest BCUT2D eigenvalue weighted by Gasteiger charge is 2.31. The molecule has 1 unspecified atom stereocenters. The zero-order valence-corrected chi connectivity index (χ0v) is 16.2. The van der Waals surface area contributed by atoms with Crippen LogP contribution in [0.25, 0.3) is 0 Å². The fraction of sp³-hybridized carbons (Fsp3) is 0.217. The quantitative estimate of drug-likeness (QED) is 0.468. The van der Waals surface area contributed by atoms with Crippen molar-refractivity contribution in [3.8, 4) is 0 Å². The minimum atomic E-state index is -1.73. The first-order valence-corrected chi connectivity index (χ1v) is 12.3. The van der Waals surface area contributed by atoms with Crippen LogP contribution in [-0.4, -0.2) is 8.32 Å². The van der Waals surface area contributed by atoms with Crippen LogP contribution >= 0.6 is 0 Å². The summed E-state index contributed by atoms with van der Waals surface area (Å²) in [7, 11) is -1.73. The lowest BCUT2D eigenvalue weighted by atomic mass is 9.84. The number of hydrogen-bond donors (Lipinski definition) is 0. The average molecular weight is 347 g/mol. The molecule has 0 saturated carbocycles. The predicted octanol–water partition coefficient (Wildman–Crippen LogP) is 6.41. The molecule has 0 bridgehead atoms. The molecule has 25 heavy (non-hydrogen) atoms. The summed E-state index contributed by atoms with van der Waals surface area (Å²) in [4.78, 5) is 0. The molecule has 3 rings (SSSR count). The molecule has 0 aliphatic carbocycles. The Labute approximate surface area is 152 Å². The molecule has 0 heterocycles. The van der Waals surface area contributed by atoms with Gasteiger partial charge in [-0.1, -0.05) is 91.0 Å². The van der Waals surface area contributed by atoms with E-state index in [-0.39, 0.29) is 12.0 Å². The molecule has 1 atom stereocenters. The molecule has 2 heteroatoms. The fourth-order valence-electron chi connectivity index (χ4n) is 3.21. The van der Waals surface area contributed by atoms with Crippen LogP contribution in [0.1, 0.15) is 28.7 Å². The molecule has 0 spiro atoms. The van der Waals surface area contributed by atoms with E-state index in [1.54, 1.807) is 0 Å². The molecule has 0 N–H and O–H groups in total. The van der Waals surface area contributed by atoms with Crippen molar-refractivity contribution < 1.29 is 4.43 Å². The van der Waals surface area contributed by atoms with Crippen molar-refractivity contribution in [1.82, 2.24) is 0 Å². The third kappa shape index (κ3) is 4.68. The van der Waals surface area contributed by atoms with Crippen LogP contribution in [-0.2, 0) is 4.43 Å². The largest absolute Gasteiger partial charge is 0.410 e. The SMILES string of the molecule is C[Si](C)(C)OC(c1ccccc1)C(c1ccccc1)c1ccccc1. The Bertz CT molecular complexity index is 724. The van der Waals surface area contributed by atoms with Gasteiger partial charge in [-0.2, -0.15) is 0 Å². The maximum Gasteiger partial charge on any atom is 0.184 e. The van der Waals surface area contributed by atoms with Crippen LogP contribution < -0.4 is 0 Å². The van der Waals surface area contributed by atoms with Gasteiger partial charge >= 0.3 is 0 Å². The highest BCUT2D eigenvalue weighted by atomic mass is 28.4. The van der Waals surface area contributed by atoms with Crippen LogP contribution in [0, 0.1) is 0 Å². The second kappa shape index (κ2) is 7.81. The molecule has 0 aromatic heterocycles. The predicted molar refractivity (Wildman–Crippen MR) is 108 cm³/mol. The maximum absolute atomic E-state index is 6.73. The Kier molecular flexibility index (Phi) is 5.52. The lowest BCUT2D eigenvalue weighted by Crippen LogP contribution is -2.31. The highest BCUT2D eigenvalue weighted by Crippen LogP contribution is 2.40. The van der Waals surface area contributed by atoms with Gasteiger partial charge in [0, 0.05) is 5.92 Å². The van der Waals surface area contributed by atoms with Crippen molar-refractivity contribution in [2.24, 2.45) is 0 Å². The van der Waals surface area contributed by atoms with E-state index in [0.29, 0.717) is 0 Å². The zero-order chi connectivity index (χ0) is 17.7. The van der Waals surface area contributed by atoms with Crippen LogP contribution in [0.5, 0.6) is 0 Å². The second-order valence-electron chi connectivity index (χ2n) is 7.36. The Balaban J connectivity index is 2.13. The van der Waals surface area contributed by atoms with E-state index >= 15 is 0 Å². The summed E-state index contributed by atoms with van der Waals surface area (Å²) in [6, 6.07) is 32.1. The van der Waals surface area contributed by atoms with Gasteiger partial charge in [-0.05, 0) is 36.3 Å². The Morgan fingerprint density at radius 2 is 0.920 bits per heavy atom. The van der Waals surface area contributed by atoms with Crippen LogP contribution in [0.4, 0.5) is 0 Å². The summed E-state index contributed by atoms with van der Waals surface area (Å²) in [5.74, 6) is 0.177. The van der Waals surface area contributed by atoms with E-state index in [9.17, 15) is 0 Å². The fourth-order valence-corrected chi connectivity index (χ4v) is 4.25. The minimum Gasteiger partial charge on any atom is -0.410 e. The van der Waals surface area contributed by atoms with E-state index < -0.39 is 8.32 Å². The standard InChI is InChI=1S/C23H26OSi/c1-25(2,3)24-23(21-17-11-6-12-18-21)22(19-13-7-4-8-14-19)20-15-9-5-10-16-20/h4-18,22-23H,1-3H3. The summed E-state index contributed by atoms with van der Waals surface area (Å²) in [5, 5.41) is 0. The number of hydrogen-bond acceptors (Lipinski definition) is 1. The van der Waals surface area contributed by atoms with Gasteiger partial charge in [0.25, 0.3) is 0 Å². The number of rotatable bonds is 6. The monoisotopic (exact) mass is 346 g/mol. The summed E-state index contributed by atoms with van der Waals surface area (Å²) < 4.78 is 6.73. The first kappa shape index (κ1) is 17.7. The normalized spacial score (nSPS) is 13.0. The molecule has 1 nitrogen and oxygen atoms in total. The van der Waals surface area contributed by atoms with Crippen LogP contribution in [0.2, 0.25) is 19.6 Å². The summed E-state index contributed by atoms with van der Waals surface area (Å²) in [6.45, 7) is 6.78. The van der Waals surface area contributed by atoms with Gasteiger partial charge in [-0.3, -0.25) is 0 Å². The van der Waals surface area contributed by atoms with E-state index in [1.807, 2.05) is 0 Å². The first-order chi connectivity index (χ1) is 12.0. The molecule has 3 aromatic rings. The van der Waals surface area contributed by atoms with E-state index in [4.69, 9.17) is 4.43 Å². The maximum atomic E-state index is 6.73. The van der Waals surface area contributed by atoms with E-state index in [2.05, 4.69) is 111 Å². The van der Waals surface area contributed by atoms with Gasteiger partial charge < -0.3 is 4.43 Å². The molecule has 0 saturated heterocycles. The first-order valence-electron chi connectivity index (χ1n) is 8.87. The Morgan fingerprint density at radius 3 is 1.28 bits per heavy atom. The van der Waals surface area contributed by atoms with E-state index in [0.717, 1.165) is 0 Å². The highest BCUT2D eigenvalue weighted by molar-refractivity contribution is 6.69. The molecular formula is C23H26OSi. The van der Waals surface area contributed by atoms with Gasteiger partial charge in [-0.25, -0.2) is 0 Å². The lowest BCUT2D eigenvalue weighted by Gasteiger charge is -2.34. The number of benzene rings is 3. The smallest absolute Gasteiger partial charge is 0.184 e. The Morgan fingerprint density at radius 1 is 0.560 bits per heavy atom. The van der Waals surface area contributed by atoms with Gasteiger partial charge in [0.05, 0.1) is 6.10 Å². The van der Waals surface area contributed by atoms with Crippen molar-refractivity contribution in [3.05, 3.63) is 108 Å². The zero-order valence-electron chi connectivity index (χ0n) is 15.2. The minimum absolute atomic E-state index is 0.0117. The average Bonchev–Trinajstić information content (AvgIpc) is 2.63. The van der Waals surface area contributed by atoms with E-state index in [1.165, 1.54) is 16.7 Å². The molecule has 0 radical (unpaired) electrons. The van der Waals surface area contributed by atoms with Gasteiger partial charge in [-0.15, -0.1) is 0 Å². The molecule has 0 fully saturated rings. The van der Waals surface area contributed by atoms with Gasteiger partial charge in [0.1, 0.15) is 0 Å². The van der Waals surface area contributed by atoms with Crippen molar-refractivity contribution >= 4 is 8.32 Å². The molecule has 3 aromatic carbocycles. The van der Waals surface area contributed by atoms with Crippen molar-refractivity contribution in [2.75, 3.05) is 0 Å². The molecule has 128 valence electrons. The van der Waals surface area contributed by atoms with Gasteiger partial charge in [0.2, 0.25) is 0 Å². The summed E-state index contributed by atoms with van der Waals surface area (Å²) in [6.07, 6.45) is 0.0117. The van der Waals surface area contributed by atoms with Crippen LogP contribution in [0.3, 0.4) is 0 Å². The summed E-state index contributed by atoms with van der Waals surface area (Å²) in [5.41, 5.74) is 3.82. The summed E-state index contributed by atoms with van der Waals surface area (Å²) >= 11 is 0.